The SMILES string of the molecule is O=C(O)C1CC1COCc1ccc(-c2ccccc2)cc1. The lowest BCUT2D eigenvalue weighted by Crippen LogP contribution is -2.04. The van der Waals surface area contributed by atoms with Crippen molar-refractivity contribution in [3.63, 3.8) is 0 Å². The number of ether oxygens (including phenoxy) is 1. The number of hydrogen-bond donors (Lipinski definition) is 1. The first kappa shape index (κ1) is 13.8. The minimum absolute atomic E-state index is 0.189. The predicted molar refractivity (Wildman–Crippen MR) is 80.8 cm³/mol. The normalized spacial score (nSPS) is 20.2. The van der Waals surface area contributed by atoms with E-state index in [1.807, 2.05) is 18.2 Å². The second kappa shape index (κ2) is 6.10. The van der Waals surface area contributed by atoms with Gasteiger partial charge in [0.1, 0.15) is 0 Å². The van der Waals surface area contributed by atoms with Gasteiger partial charge in [0.25, 0.3) is 0 Å². The van der Waals surface area contributed by atoms with Crippen molar-refractivity contribution in [2.45, 2.75) is 13.0 Å². The summed E-state index contributed by atoms with van der Waals surface area (Å²) >= 11 is 0. The van der Waals surface area contributed by atoms with Crippen LogP contribution < -0.4 is 0 Å². The van der Waals surface area contributed by atoms with Crippen LogP contribution in [0.5, 0.6) is 0 Å². The molecule has 3 nitrogen and oxygen atoms in total. The van der Waals surface area contributed by atoms with Gasteiger partial charge in [-0.2, -0.15) is 0 Å². The summed E-state index contributed by atoms with van der Waals surface area (Å²) in [5, 5.41) is 8.82. The lowest BCUT2D eigenvalue weighted by atomic mass is 10.0. The summed E-state index contributed by atoms with van der Waals surface area (Å²) in [5.74, 6) is -0.688. The van der Waals surface area contributed by atoms with E-state index in [0.29, 0.717) is 13.2 Å². The van der Waals surface area contributed by atoms with E-state index < -0.39 is 5.97 Å². The third-order valence-corrected chi connectivity index (χ3v) is 3.90. The Morgan fingerprint density at radius 1 is 1.05 bits per heavy atom. The Labute approximate surface area is 124 Å². The fourth-order valence-electron chi connectivity index (χ4n) is 2.49. The van der Waals surface area contributed by atoms with Gasteiger partial charge in [-0.3, -0.25) is 4.79 Å². The van der Waals surface area contributed by atoms with Crippen LogP contribution in [0.3, 0.4) is 0 Å². The van der Waals surface area contributed by atoms with Crippen LogP contribution in [0.1, 0.15) is 12.0 Å². The Kier molecular flexibility index (Phi) is 4.02. The van der Waals surface area contributed by atoms with Crippen molar-refractivity contribution in [3.05, 3.63) is 60.2 Å². The van der Waals surface area contributed by atoms with Crippen LogP contribution in [0.15, 0.2) is 54.6 Å². The van der Waals surface area contributed by atoms with Crippen LogP contribution in [0, 0.1) is 11.8 Å². The molecule has 2 aromatic rings. The highest BCUT2D eigenvalue weighted by Crippen LogP contribution is 2.38. The van der Waals surface area contributed by atoms with E-state index in [-0.39, 0.29) is 11.8 Å². The minimum Gasteiger partial charge on any atom is -0.481 e. The first-order valence-electron chi connectivity index (χ1n) is 7.19. The molecule has 0 spiro atoms. The highest BCUT2D eigenvalue weighted by Gasteiger charge is 2.43. The Balaban J connectivity index is 1.50. The van der Waals surface area contributed by atoms with E-state index >= 15 is 0 Å². The molecule has 3 heteroatoms. The van der Waals surface area contributed by atoms with Gasteiger partial charge < -0.3 is 9.84 Å². The number of carbonyl (C=O) groups is 1. The molecule has 1 fully saturated rings. The lowest BCUT2D eigenvalue weighted by Gasteiger charge is -2.06. The van der Waals surface area contributed by atoms with Gasteiger partial charge in [0.05, 0.1) is 19.1 Å². The molecule has 2 aromatic carbocycles. The van der Waals surface area contributed by atoms with E-state index in [1.54, 1.807) is 0 Å². The van der Waals surface area contributed by atoms with Crippen LogP contribution in [-0.4, -0.2) is 17.7 Å². The smallest absolute Gasteiger partial charge is 0.306 e. The number of carboxylic acid groups (broad SMARTS) is 1. The third-order valence-electron chi connectivity index (χ3n) is 3.90. The van der Waals surface area contributed by atoms with Gasteiger partial charge in [0, 0.05) is 0 Å². The molecule has 2 atom stereocenters. The van der Waals surface area contributed by atoms with E-state index in [9.17, 15) is 4.79 Å². The molecule has 108 valence electrons. The van der Waals surface area contributed by atoms with Crippen LogP contribution in [-0.2, 0) is 16.1 Å². The van der Waals surface area contributed by atoms with Crippen LogP contribution in [0.25, 0.3) is 11.1 Å². The minimum atomic E-state index is -0.698. The number of hydrogen-bond acceptors (Lipinski definition) is 2. The topological polar surface area (TPSA) is 46.5 Å². The third kappa shape index (κ3) is 3.50. The largest absolute Gasteiger partial charge is 0.481 e. The van der Waals surface area contributed by atoms with Gasteiger partial charge in [-0.1, -0.05) is 54.6 Å². The Morgan fingerprint density at radius 2 is 1.71 bits per heavy atom. The van der Waals surface area contributed by atoms with Gasteiger partial charge in [-0.15, -0.1) is 0 Å². The molecular weight excluding hydrogens is 264 g/mol. The molecule has 0 radical (unpaired) electrons. The van der Waals surface area contributed by atoms with Crippen molar-refractivity contribution >= 4 is 5.97 Å². The van der Waals surface area contributed by atoms with E-state index in [1.165, 1.54) is 11.1 Å². The predicted octanol–water partition coefficient (Wildman–Crippen LogP) is 3.59. The van der Waals surface area contributed by atoms with Crippen molar-refractivity contribution in [3.8, 4) is 11.1 Å². The average Bonchev–Trinajstić information content (AvgIpc) is 3.29. The molecule has 1 saturated carbocycles. The van der Waals surface area contributed by atoms with Gasteiger partial charge in [-0.05, 0) is 29.0 Å². The van der Waals surface area contributed by atoms with Crippen LogP contribution in [0.2, 0.25) is 0 Å². The average molecular weight is 282 g/mol. The van der Waals surface area contributed by atoms with Gasteiger partial charge in [-0.25, -0.2) is 0 Å². The Bertz CT molecular complexity index is 604. The summed E-state index contributed by atoms with van der Waals surface area (Å²) in [6.45, 7) is 1.08. The van der Waals surface area contributed by atoms with E-state index in [2.05, 4.69) is 36.4 Å². The van der Waals surface area contributed by atoms with E-state index in [0.717, 1.165) is 12.0 Å². The van der Waals surface area contributed by atoms with Crippen molar-refractivity contribution in [2.24, 2.45) is 11.8 Å². The zero-order chi connectivity index (χ0) is 14.7. The second-order valence-corrected chi connectivity index (χ2v) is 5.52. The summed E-state index contributed by atoms with van der Waals surface area (Å²) in [6.07, 6.45) is 0.752. The summed E-state index contributed by atoms with van der Waals surface area (Å²) in [5.41, 5.74) is 3.50. The lowest BCUT2D eigenvalue weighted by molar-refractivity contribution is -0.139. The first-order valence-corrected chi connectivity index (χ1v) is 7.19. The summed E-state index contributed by atoms with van der Waals surface area (Å²) < 4.78 is 5.61. The quantitative estimate of drug-likeness (QED) is 0.880. The number of rotatable bonds is 6. The van der Waals surface area contributed by atoms with Crippen LogP contribution in [0.4, 0.5) is 0 Å². The molecule has 0 heterocycles. The Morgan fingerprint density at radius 3 is 2.33 bits per heavy atom. The van der Waals surface area contributed by atoms with Crippen molar-refractivity contribution in [1.29, 1.82) is 0 Å². The molecule has 0 saturated heterocycles. The number of carboxylic acids is 1. The maximum atomic E-state index is 10.7. The number of benzene rings is 2. The highest BCUT2D eigenvalue weighted by molar-refractivity contribution is 5.73. The zero-order valence-electron chi connectivity index (χ0n) is 11.7. The molecule has 21 heavy (non-hydrogen) atoms. The van der Waals surface area contributed by atoms with Crippen molar-refractivity contribution in [2.75, 3.05) is 6.61 Å². The molecule has 1 aliphatic rings. The molecule has 3 rings (SSSR count). The second-order valence-electron chi connectivity index (χ2n) is 5.52. The van der Waals surface area contributed by atoms with Crippen LogP contribution >= 0.6 is 0 Å². The molecule has 1 N–H and O–H groups in total. The van der Waals surface area contributed by atoms with E-state index in [4.69, 9.17) is 9.84 Å². The van der Waals surface area contributed by atoms with Crippen molar-refractivity contribution in [1.82, 2.24) is 0 Å². The van der Waals surface area contributed by atoms with Gasteiger partial charge >= 0.3 is 5.97 Å². The summed E-state index contributed by atoms with van der Waals surface area (Å²) in [6, 6.07) is 18.5. The molecule has 1 aliphatic carbocycles. The molecular formula is C18H18O3. The fraction of sp³-hybridized carbons (Fsp3) is 0.278. The van der Waals surface area contributed by atoms with Crippen molar-refractivity contribution < 1.29 is 14.6 Å². The molecule has 0 amide bonds. The summed E-state index contributed by atoms with van der Waals surface area (Å²) in [4.78, 5) is 10.7. The highest BCUT2D eigenvalue weighted by atomic mass is 16.5. The number of aliphatic carboxylic acids is 1. The maximum absolute atomic E-state index is 10.7. The van der Waals surface area contributed by atoms with Gasteiger partial charge in [0.15, 0.2) is 0 Å². The standard InChI is InChI=1S/C18H18O3/c19-18(20)17-10-16(17)12-21-11-13-6-8-15(9-7-13)14-4-2-1-3-5-14/h1-9,16-17H,10-12H2,(H,19,20). The molecule has 0 aliphatic heterocycles. The fourth-order valence-corrected chi connectivity index (χ4v) is 2.49. The Hall–Kier alpha value is -2.13. The molecule has 2 unspecified atom stereocenters. The zero-order valence-corrected chi connectivity index (χ0v) is 11.7. The molecule has 0 bridgehead atoms. The summed E-state index contributed by atoms with van der Waals surface area (Å²) in [7, 11) is 0. The van der Waals surface area contributed by atoms with Gasteiger partial charge in [0.2, 0.25) is 0 Å². The maximum Gasteiger partial charge on any atom is 0.306 e. The first-order chi connectivity index (χ1) is 10.2. The monoisotopic (exact) mass is 282 g/mol. The molecule has 0 aromatic heterocycles.